The van der Waals surface area contributed by atoms with Crippen LogP contribution in [0.3, 0.4) is 0 Å². The Bertz CT molecular complexity index is 828. The van der Waals surface area contributed by atoms with Gasteiger partial charge in [-0.3, -0.25) is 0 Å². The first-order valence-electron chi connectivity index (χ1n) is 6.29. The van der Waals surface area contributed by atoms with E-state index in [2.05, 4.69) is 15.1 Å². The van der Waals surface area contributed by atoms with E-state index >= 15 is 0 Å². The molecular formula is C14H11Cl3N4. The number of hydrogen-bond donors (Lipinski definition) is 0. The number of benzene rings is 1. The van der Waals surface area contributed by atoms with Gasteiger partial charge >= 0.3 is 0 Å². The van der Waals surface area contributed by atoms with Gasteiger partial charge in [0.05, 0.1) is 17.1 Å². The van der Waals surface area contributed by atoms with E-state index in [0.29, 0.717) is 15.7 Å². The number of aryl methyl sites for hydroxylation is 1. The van der Waals surface area contributed by atoms with Gasteiger partial charge in [-0.2, -0.15) is 10.1 Å². The average Bonchev–Trinajstić information content (AvgIpc) is 2.75. The van der Waals surface area contributed by atoms with Crippen LogP contribution in [-0.2, 0) is 0 Å². The third-order valence-corrected chi connectivity index (χ3v) is 4.13. The summed E-state index contributed by atoms with van der Waals surface area (Å²) in [6.45, 7) is 3.91. The van der Waals surface area contributed by atoms with Crippen molar-refractivity contribution in [1.29, 1.82) is 0 Å². The average molecular weight is 342 g/mol. The molecular weight excluding hydrogens is 331 g/mol. The summed E-state index contributed by atoms with van der Waals surface area (Å²) in [5, 5.41) is 6.79. The summed E-state index contributed by atoms with van der Waals surface area (Å²) in [5.41, 5.74) is 2.45. The maximum absolute atomic E-state index is 6.28. The zero-order chi connectivity index (χ0) is 15.1. The second-order valence-electron chi connectivity index (χ2n) is 4.75. The zero-order valence-corrected chi connectivity index (χ0v) is 13.6. The first-order valence-corrected chi connectivity index (χ1v) is 7.43. The van der Waals surface area contributed by atoms with Gasteiger partial charge in [-0.15, -0.1) is 0 Å². The SMILES string of the molecule is Cc1nn(C(C)c2ccc(Cl)cc2Cl)c2nc(Cl)ncc12. The number of hydrogen-bond acceptors (Lipinski definition) is 3. The van der Waals surface area contributed by atoms with Gasteiger partial charge < -0.3 is 0 Å². The van der Waals surface area contributed by atoms with Crippen molar-refractivity contribution in [2.45, 2.75) is 19.9 Å². The highest BCUT2D eigenvalue weighted by molar-refractivity contribution is 6.35. The molecule has 0 spiro atoms. The van der Waals surface area contributed by atoms with Gasteiger partial charge in [-0.05, 0) is 43.1 Å². The molecule has 0 N–H and O–H groups in total. The number of rotatable bonds is 2. The number of fused-ring (bicyclic) bond motifs is 1. The largest absolute Gasteiger partial charge is 0.240 e. The van der Waals surface area contributed by atoms with Crippen LogP contribution in [0.15, 0.2) is 24.4 Å². The summed E-state index contributed by atoms with van der Waals surface area (Å²) in [6.07, 6.45) is 1.68. The van der Waals surface area contributed by atoms with E-state index in [9.17, 15) is 0 Å². The third kappa shape index (κ3) is 2.59. The lowest BCUT2D eigenvalue weighted by molar-refractivity contribution is 0.575. The molecule has 0 radical (unpaired) electrons. The summed E-state index contributed by atoms with van der Waals surface area (Å²) < 4.78 is 1.80. The molecule has 0 aliphatic rings. The Kier molecular flexibility index (Phi) is 3.78. The van der Waals surface area contributed by atoms with Crippen LogP contribution in [0.5, 0.6) is 0 Å². The molecule has 0 aliphatic heterocycles. The minimum Gasteiger partial charge on any atom is -0.240 e. The quantitative estimate of drug-likeness (QED) is 0.634. The van der Waals surface area contributed by atoms with Gasteiger partial charge in [0.15, 0.2) is 5.65 Å². The summed E-state index contributed by atoms with van der Waals surface area (Å²) in [5.74, 6) is 0. The molecule has 7 heteroatoms. The normalized spacial score (nSPS) is 12.8. The second kappa shape index (κ2) is 5.44. The minimum atomic E-state index is -0.100. The van der Waals surface area contributed by atoms with E-state index in [4.69, 9.17) is 34.8 Å². The number of nitrogens with zero attached hydrogens (tertiary/aromatic N) is 4. The van der Waals surface area contributed by atoms with Crippen LogP contribution in [0.4, 0.5) is 0 Å². The molecule has 1 atom stereocenters. The number of halogens is 3. The lowest BCUT2D eigenvalue weighted by Gasteiger charge is -2.15. The Labute approximate surface area is 136 Å². The molecule has 0 saturated carbocycles. The highest BCUT2D eigenvalue weighted by Crippen LogP contribution is 2.30. The van der Waals surface area contributed by atoms with Gasteiger partial charge in [0, 0.05) is 16.2 Å². The third-order valence-electron chi connectivity index (χ3n) is 3.38. The van der Waals surface area contributed by atoms with Crippen LogP contribution in [-0.4, -0.2) is 19.7 Å². The molecule has 4 nitrogen and oxygen atoms in total. The van der Waals surface area contributed by atoms with Crippen LogP contribution in [0.2, 0.25) is 15.3 Å². The summed E-state index contributed by atoms with van der Waals surface area (Å²) >= 11 is 18.1. The standard InChI is InChI=1S/C14H11Cl3N4/c1-7-11-6-18-14(17)19-13(11)21(20-7)8(2)10-4-3-9(15)5-12(10)16/h3-6,8H,1-2H3. The monoisotopic (exact) mass is 340 g/mol. The van der Waals surface area contributed by atoms with E-state index in [1.165, 1.54) is 0 Å². The molecule has 0 fully saturated rings. The van der Waals surface area contributed by atoms with E-state index < -0.39 is 0 Å². The summed E-state index contributed by atoms with van der Waals surface area (Å²) in [6, 6.07) is 5.31. The van der Waals surface area contributed by atoms with Crippen LogP contribution in [0.25, 0.3) is 11.0 Å². The van der Waals surface area contributed by atoms with E-state index in [0.717, 1.165) is 16.6 Å². The Morgan fingerprint density at radius 2 is 1.95 bits per heavy atom. The lowest BCUT2D eigenvalue weighted by Crippen LogP contribution is -2.10. The van der Waals surface area contributed by atoms with Crippen molar-refractivity contribution in [1.82, 2.24) is 19.7 Å². The van der Waals surface area contributed by atoms with Crippen molar-refractivity contribution in [2.24, 2.45) is 0 Å². The molecule has 0 saturated heterocycles. The van der Waals surface area contributed by atoms with Crippen molar-refractivity contribution < 1.29 is 0 Å². The van der Waals surface area contributed by atoms with Crippen molar-refractivity contribution >= 4 is 45.8 Å². The smallest absolute Gasteiger partial charge is 0.224 e. The maximum Gasteiger partial charge on any atom is 0.224 e. The van der Waals surface area contributed by atoms with E-state index in [-0.39, 0.29) is 11.3 Å². The van der Waals surface area contributed by atoms with Crippen LogP contribution < -0.4 is 0 Å². The fraction of sp³-hybridized carbons (Fsp3) is 0.214. The highest BCUT2D eigenvalue weighted by Gasteiger charge is 2.18. The first kappa shape index (κ1) is 14.6. The van der Waals surface area contributed by atoms with Crippen LogP contribution in [0, 0.1) is 6.92 Å². The molecule has 1 unspecified atom stereocenters. The fourth-order valence-corrected chi connectivity index (χ4v) is 2.98. The van der Waals surface area contributed by atoms with Crippen molar-refractivity contribution in [3.8, 4) is 0 Å². The predicted molar refractivity (Wildman–Crippen MR) is 85.3 cm³/mol. The van der Waals surface area contributed by atoms with Crippen molar-refractivity contribution in [3.63, 3.8) is 0 Å². The molecule has 3 rings (SSSR count). The van der Waals surface area contributed by atoms with Gasteiger partial charge in [0.25, 0.3) is 0 Å². The Morgan fingerprint density at radius 3 is 2.67 bits per heavy atom. The highest BCUT2D eigenvalue weighted by atomic mass is 35.5. The van der Waals surface area contributed by atoms with E-state index in [1.807, 2.05) is 19.9 Å². The van der Waals surface area contributed by atoms with Gasteiger partial charge in [-0.25, -0.2) is 9.67 Å². The molecule has 21 heavy (non-hydrogen) atoms. The number of aromatic nitrogens is 4. The molecule has 3 aromatic rings. The molecule has 0 aliphatic carbocycles. The van der Waals surface area contributed by atoms with E-state index in [1.54, 1.807) is 23.0 Å². The van der Waals surface area contributed by atoms with Gasteiger partial charge in [0.2, 0.25) is 5.28 Å². The second-order valence-corrected chi connectivity index (χ2v) is 5.93. The van der Waals surface area contributed by atoms with Crippen molar-refractivity contribution in [3.05, 3.63) is 51.0 Å². The predicted octanol–water partition coefficient (Wildman–Crippen LogP) is 4.70. The summed E-state index contributed by atoms with van der Waals surface area (Å²) in [7, 11) is 0. The topological polar surface area (TPSA) is 43.6 Å². The molecule has 108 valence electrons. The fourth-order valence-electron chi connectivity index (χ4n) is 2.29. The molecule has 2 aromatic heterocycles. The van der Waals surface area contributed by atoms with Gasteiger partial charge in [-0.1, -0.05) is 29.3 Å². The Hall–Kier alpha value is -1.36. The molecule has 0 bridgehead atoms. The lowest BCUT2D eigenvalue weighted by atomic mass is 10.1. The zero-order valence-electron chi connectivity index (χ0n) is 11.3. The van der Waals surface area contributed by atoms with Crippen molar-refractivity contribution in [2.75, 3.05) is 0 Å². The minimum absolute atomic E-state index is 0.100. The maximum atomic E-state index is 6.28. The summed E-state index contributed by atoms with van der Waals surface area (Å²) in [4.78, 5) is 8.28. The van der Waals surface area contributed by atoms with Gasteiger partial charge in [0.1, 0.15) is 0 Å². The van der Waals surface area contributed by atoms with Crippen LogP contribution >= 0.6 is 34.8 Å². The molecule has 0 amide bonds. The molecule has 2 heterocycles. The first-order chi connectivity index (χ1) is 9.97. The van der Waals surface area contributed by atoms with Crippen LogP contribution in [0.1, 0.15) is 24.2 Å². The Balaban J connectivity index is 2.17. The Morgan fingerprint density at radius 1 is 1.19 bits per heavy atom. The molecule has 1 aromatic carbocycles.